The smallest absolute Gasteiger partial charge is 0.258 e. The predicted molar refractivity (Wildman–Crippen MR) is 138 cm³/mol. The molecule has 1 aliphatic carbocycles. The van der Waals surface area contributed by atoms with Crippen molar-refractivity contribution < 1.29 is 14.3 Å². The van der Waals surface area contributed by atoms with Crippen LogP contribution in [-0.4, -0.2) is 28.7 Å². The summed E-state index contributed by atoms with van der Waals surface area (Å²) < 4.78 is 15.6. The van der Waals surface area contributed by atoms with Crippen molar-refractivity contribution in [1.82, 2.24) is 4.57 Å². The molecule has 5 heterocycles. The standard InChI is InChI=1S/C30H30N2O4/c1-28(2)18-15-19-26(33)32(6)21-14-10-8-12-17(21)30(19,36-28)24-22-25(35-29(3,4)23(18)24)16-11-7-9-13-20(16)31(5)27(22)34/h7-15,18,23-24H,1-6H3/t18-,23+,24+,30+/m0/s1. The van der Waals surface area contributed by atoms with Crippen molar-refractivity contribution >= 4 is 22.5 Å². The van der Waals surface area contributed by atoms with E-state index < -0.39 is 16.8 Å². The lowest BCUT2D eigenvalue weighted by molar-refractivity contribution is -0.252. The lowest BCUT2D eigenvalue weighted by Gasteiger charge is -2.66. The van der Waals surface area contributed by atoms with Gasteiger partial charge in [0.05, 0.1) is 27.9 Å². The van der Waals surface area contributed by atoms with Gasteiger partial charge in [-0.1, -0.05) is 36.4 Å². The average Bonchev–Trinajstić information content (AvgIpc) is 2.85. The largest absolute Gasteiger partial charge is 0.486 e. The molecule has 5 aliphatic rings. The average molecular weight is 483 g/mol. The van der Waals surface area contributed by atoms with Crippen LogP contribution >= 0.6 is 0 Å². The highest BCUT2D eigenvalue weighted by molar-refractivity contribution is 6.10. The number of pyridine rings is 1. The van der Waals surface area contributed by atoms with Crippen molar-refractivity contribution in [3.63, 3.8) is 0 Å². The number of benzene rings is 2. The van der Waals surface area contributed by atoms with Gasteiger partial charge in [-0.25, -0.2) is 0 Å². The molecule has 4 atom stereocenters. The van der Waals surface area contributed by atoms with Gasteiger partial charge in [0, 0.05) is 42.8 Å². The van der Waals surface area contributed by atoms with Crippen molar-refractivity contribution in [2.75, 3.05) is 11.9 Å². The molecular weight excluding hydrogens is 452 g/mol. The van der Waals surface area contributed by atoms with E-state index in [1.54, 1.807) is 9.47 Å². The summed E-state index contributed by atoms with van der Waals surface area (Å²) in [5.74, 6) is -0.0177. The van der Waals surface area contributed by atoms with Crippen LogP contribution in [0.25, 0.3) is 10.9 Å². The van der Waals surface area contributed by atoms with Gasteiger partial charge in [-0.2, -0.15) is 0 Å². The highest BCUT2D eigenvalue weighted by Crippen LogP contribution is 2.70. The number of nitrogens with zero attached hydrogens (tertiary/aromatic N) is 2. The summed E-state index contributed by atoms with van der Waals surface area (Å²) in [5, 5.41) is 0.899. The second-order valence-electron chi connectivity index (χ2n) is 11.8. The van der Waals surface area contributed by atoms with Crippen LogP contribution in [-0.2, 0) is 22.2 Å². The van der Waals surface area contributed by atoms with E-state index in [0.29, 0.717) is 16.9 Å². The highest BCUT2D eigenvalue weighted by atomic mass is 16.5. The van der Waals surface area contributed by atoms with Gasteiger partial charge in [0.15, 0.2) is 0 Å². The van der Waals surface area contributed by atoms with Crippen molar-refractivity contribution in [3.05, 3.63) is 81.7 Å². The summed E-state index contributed by atoms with van der Waals surface area (Å²) in [4.78, 5) is 29.8. The normalized spacial score (nSPS) is 30.6. The number of carbonyl (C=O) groups is 1. The molecule has 4 aliphatic heterocycles. The zero-order chi connectivity index (χ0) is 25.4. The number of ether oxygens (including phenoxy) is 2. The van der Waals surface area contributed by atoms with E-state index in [2.05, 4.69) is 39.8 Å². The molecule has 1 amide bonds. The van der Waals surface area contributed by atoms with Crippen molar-refractivity contribution in [1.29, 1.82) is 0 Å². The number of hydrogen-bond donors (Lipinski definition) is 0. The number of aryl methyl sites for hydroxylation is 1. The Morgan fingerprint density at radius 1 is 0.889 bits per heavy atom. The molecule has 0 saturated carbocycles. The minimum Gasteiger partial charge on any atom is -0.486 e. The monoisotopic (exact) mass is 482 g/mol. The molecule has 1 aromatic heterocycles. The molecule has 2 aromatic carbocycles. The van der Waals surface area contributed by atoms with E-state index in [-0.39, 0.29) is 29.2 Å². The molecule has 6 heteroatoms. The lowest BCUT2D eigenvalue weighted by atomic mass is 9.49. The number of fused-ring (bicyclic) bond motifs is 5. The Kier molecular flexibility index (Phi) is 3.94. The fraction of sp³-hybridized carbons (Fsp3) is 0.400. The Bertz CT molecular complexity index is 1600. The lowest BCUT2D eigenvalue weighted by Crippen LogP contribution is -2.70. The third-order valence-electron chi connectivity index (χ3n) is 9.13. The maximum Gasteiger partial charge on any atom is 0.258 e. The summed E-state index contributed by atoms with van der Waals surface area (Å²) in [6.07, 6.45) is 2.13. The number of amides is 1. The Balaban J connectivity index is 1.67. The van der Waals surface area contributed by atoms with Gasteiger partial charge in [-0.3, -0.25) is 9.59 Å². The quantitative estimate of drug-likeness (QED) is 0.468. The highest BCUT2D eigenvalue weighted by Gasteiger charge is 2.71. The van der Waals surface area contributed by atoms with Crippen LogP contribution in [0.3, 0.4) is 0 Å². The Morgan fingerprint density at radius 2 is 1.58 bits per heavy atom. The van der Waals surface area contributed by atoms with Crippen LogP contribution in [0.1, 0.15) is 44.7 Å². The Labute approximate surface area is 210 Å². The fourth-order valence-corrected chi connectivity index (χ4v) is 7.66. The van der Waals surface area contributed by atoms with Crippen molar-refractivity contribution in [3.8, 4) is 5.75 Å². The molecule has 36 heavy (non-hydrogen) atoms. The number of aromatic nitrogens is 1. The third-order valence-corrected chi connectivity index (χ3v) is 9.13. The first kappa shape index (κ1) is 21.9. The number of para-hydroxylation sites is 2. The molecule has 1 saturated heterocycles. The summed E-state index contributed by atoms with van der Waals surface area (Å²) in [5.41, 5.74) is 1.46. The number of likely N-dealkylation sites (N-methyl/N-ethyl adjacent to an activating group) is 1. The van der Waals surface area contributed by atoms with Gasteiger partial charge in [-0.05, 0) is 45.9 Å². The molecule has 0 radical (unpaired) electrons. The van der Waals surface area contributed by atoms with E-state index in [1.807, 2.05) is 56.6 Å². The van der Waals surface area contributed by atoms with E-state index in [4.69, 9.17) is 9.47 Å². The maximum absolute atomic E-state index is 14.2. The van der Waals surface area contributed by atoms with E-state index in [1.165, 1.54) is 0 Å². The minimum absolute atomic E-state index is 0.0730. The molecule has 1 spiro atoms. The summed E-state index contributed by atoms with van der Waals surface area (Å²) in [6.45, 7) is 8.42. The van der Waals surface area contributed by atoms with Crippen LogP contribution in [0.4, 0.5) is 5.69 Å². The van der Waals surface area contributed by atoms with Crippen LogP contribution in [0.15, 0.2) is 65.0 Å². The Morgan fingerprint density at radius 3 is 2.36 bits per heavy atom. The van der Waals surface area contributed by atoms with Crippen LogP contribution in [0, 0.1) is 11.8 Å². The molecule has 6 nitrogen and oxygen atoms in total. The first-order chi connectivity index (χ1) is 17.0. The van der Waals surface area contributed by atoms with Gasteiger partial charge in [0.1, 0.15) is 17.0 Å². The topological polar surface area (TPSA) is 60.8 Å². The molecule has 2 bridgehead atoms. The van der Waals surface area contributed by atoms with Crippen molar-refractivity contribution in [2.24, 2.45) is 18.9 Å². The third kappa shape index (κ3) is 2.32. The van der Waals surface area contributed by atoms with Gasteiger partial charge in [0.2, 0.25) is 0 Å². The van der Waals surface area contributed by atoms with Gasteiger partial charge in [0.25, 0.3) is 11.5 Å². The second-order valence-corrected chi connectivity index (χ2v) is 11.8. The number of hydrogen-bond acceptors (Lipinski definition) is 4. The molecular formula is C30H30N2O4. The number of anilines is 1. The number of rotatable bonds is 0. The molecule has 0 unspecified atom stereocenters. The summed E-state index contributed by atoms with van der Waals surface area (Å²) >= 11 is 0. The first-order valence-electron chi connectivity index (χ1n) is 12.6. The van der Waals surface area contributed by atoms with Gasteiger partial charge >= 0.3 is 0 Å². The van der Waals surface area contributed by atoms with Crippen molar-refractivity contribution in [2.45, 2.75) is 50.4 Å². The minimum atomic E-state index is -1.09. The molecule has 8 rings (SSSR count). The zero-order valence-corrected chi connectivity index (χ0v) is 21.5. The van der Waals surface area contributed by atoms with Crippen LogP contribution in [0.2, 0.25) is 0 Å². The van der Waals surface area contributed by atoms with Gasteiger partial charge in [-0.15, -0.1) is 0 Å². The molecule has 0 N–H and O–H groups in total. The SMILES string of the molecule is CN1C(=O)C2=C[C@H]3[C@@H]4[C@@H](c5c(c6ccccc6n(C)c5=O)OC4(C)C)[C@@]2(OC3(C)C)c2ccccc21. The fourth-order valence-electron chi connectivity index (χ4n) is 7.66. The van der Waals surface area contributed by atoms with E-state index in [0.717, 1.165) is 22.2 Å². The van der Waals surface area contributed by atoms with E-state index >= 15 is 0 Å². The number of carbonyl (C=O) groups excluding carboxylic acids is 1. The molecule has 3 aromatic rings. The molecule has 184 valence electrons. The first-order valence-corrected chi connectivity index (χ1v) is 12.6. The molecule has 1 fully saturated rings. The van der Waals surface area contributed by atoms with E-state index in [9.17, 15) is 9.59 Å². The van der Waals surface area contributed by atoms with Gasteiger partial charge < -0.3 is 18.9 Å². The second kappa shape index (κ2) is 6.48. The predicted octanol–water partition coefficient (Wildman–Crippen LogP) is 4.65. The zero-order valence-electron chi connectivity index (χ0n) is 21.5. The van der Waals surface area contributed by atoms with Crippen LogP contribution < -0.4 is 15.2 Å². The maximum atomic E-state index is 14.2. The Hall–Kier alpha value is -3.38. The summed E-state index contributed by atoms with van der Waals surface area (Å²) in [6, 6.07) is 15.8. The van der Waals surface area contributed by atoms with Crippen LogP contribution in [0.5, 0.6) is 5.75 Å². The summed E-state index contributed by atoms with van der Waals surface area (Å²) in [7, 11) is 3.63.